The molecule has 0 radical (unpaired) electrons. The molecule has 0 saturated carbocycles. The van der Waals surface area contributed by atoms with E-state index in [4.69, 9.17) is 0 Å². The molecule has 0 aliphatic carbocycles. The highest BCUT2D eigenvalue weighted by molar-refractivity contribution is 5.73. The van der Waals surface area contributed by atoms with Crippen molar-refractivity contribution in [3.8, 4) is 0 Å². The number of carbonyl (C=O) groups is 1. The zero-order valence-electron chi connectivity index (χ0n) is 6.03. The van der Waals surface area contributed by atoms with Gasteiger partial charge in [0.25, 0.3) is 0 Å². The molecule has 3 heteroatoms. The molecule has 0 aromatic carbocycles. The summed E-state index contributed by atoms with van der Waals surface area (Å²) in [5.74, 6) is 0. The fourth-order valence-electron chi connectivity index (χ4n) is 0.467. The molecule has 0 rings (SSSR count). The van der Waals surface area contributed by atoms with Gasteiger partial charge in [-0.2, -0.15) is 0 Å². The lowest BCUT2D eigenvalue weighted by atomic mass is 10.3. The Balaban J connectivity index is 2.97. The number of carbonyl (C=O) groups excluding carboxylic acids is 1. The molecule has 9 heavy (non-hydrogen) atoms. The van der Waals surface area contributed by atoms with Crippen molar-refractivity contribution in [3.63, 3.8) is 0 Å². The van der Waals surface area contributed by atoms with Crippen LogP contribution in [0.1, 0.15) is 19.8 Å². The summed E-state index contributed by atoms with van der Waals surface area (Å²) in [6, 6.07) is -0.0940. The maximum absolute atomic E-state index is 10.5. The first-order valence-corrected chi connectivity index (χ1v) is 3.26. The van der Waals surface area contributed by atoms with Gasteiger partial charge in [-0.25, -0.2) is 4.79 Å². The highest BCUT2D eigenvalue weighted by Gasteiger charge is 1.90. The smallest absolute Gasteiger partial charge is 0.314 e. The number of hydrogen-bond acceptors (Lipinski definition) is 1. The zero-order valence-corrected chi connectivity index (χ0v) is 6.03. The number of hydrogen-bond donors (Lipinski definition) is 2. The van der Waals surface area contributed by atoms with Crippen LogP contribution < -0.4 is 10.6 Å². The summed E-state index contributed by atoms with van der Waals surface area (Å²) in [6.45, 7) is 2.86. The number of amides is 2. The molecule has 0 aromatic heterocycles. The molecule has 0 atom stereocenters. The van der Waals surface area contributed by atoms with Gasteiger partial charge < -0.3 is 10.6 Å². The molecule has 0 aliphatic heterocycles. The van der Waals surface area contributed by atoms with Crippen LogP contribution >= 0.6 is 0 Å². The number of unbranched alkanes of at least 4 members (excludes halogenated alkanes) is 1. The first-order valence-electron chi connectivity index (χ1n) is 3.26. The molecular formula is C6H14N2O. The van der Waals surface area contributed by atoms with Crippen LogP contribution in [-0.4, -0.2) is 19.6 Å². The standard InChI is InChI=1S/C6H14N2O/c1-3-4-5-8-6(9)7-2/h3-5H2,1-2H3,(H2,7,8,9). The van der Waals surface area contributed by atoms with E-state index in [2.05, 4.69) is 17.6 Å². The maximum atomic E-state index is 10.5. The van der Waals surface area contributed by atoms with Gasteiger partial charge in [-0.1, -0.05) is 13.3 Å². The monoisotopic (exact) mass is 130 g/mol. The molecule has 0 unspecified atom stereocenters. The van der Waals surface area contributed by atoms with Gasteiger partial charge in [0.05, 0.1) is 0 Å². The van der Waals surface area contributed by atoms with Gasteiger partial charge in [0.1, 0.15) is 0 Å². The summed E-state index contributed by atoms with van der Waals surface area (Å²) in [4.78, 5) is 10.5. The molecule has 0 aliphatic rings. The summed E-state index contributed by atoms with van der Waals surface area (Å²) in [7, 11) is 1.61. The molecule has 0 saturated heterocycles. The van der Waals surface area contributed by atoms with Gasteiger partial charge in [0.15, 0.2) is 0 Å². The predicted octanol–water partition coefficient (Wildman–Crippen LogP) is 0.715. The van der Waals surface area contributed by atoms with Crippen molar-refractivity contribution in [1.82, 2.24) is 10.6 Å². The van der Waals surface area contributed by atoms with Gasteiger partial charge >= 0.3 is 6.03 Å². The van der Waals surface area contributed by atoms with Gasteiger partial charge in [-0.3, -0.25) is 0 Å². The van der Waals surface area contributed by atoms with Crippen molar-refractivity contribution in [1.29, 1.82) is 0 Å². The number of rotatable bonds is 3. The number of nitrogens with one attached hydrogen (secondary N) is 2. The van der Waals surface area contributed by atoms with E-state index >= 15 is 0 Å². The van der Waals surface area contributed by atoms with Crippen molar-refractivity contribution in [3.05, 3.63) is 0 Å². The minimum atomic E-state index is -0.0940. The molecule has 54 valence electrons. The minimum absolute atomic E-state index is 0.0940. The minimum Gasteiger partial charge on any atom is -0.341 e. The lowest BCUT2D eigenvalue weighted by Crippen LogP contribution is -2.33. The summed E-state index contributed by atoms with van der Waals surface area (Å²) >= 11 is 0. The zero-order chi connectivity index (χ0) is 7.11. The normalized spacial score (nSPS) is 8.67. The molecular weight excluding hydrogens is 116 g/mol. The lowest BCUT2D eigenvalue weighted by Gasteiger charge is -2.00. The lowest BCUT2D eigenvalue weighted by molar-refractivity contribution is 0.243. The van der Waals surface area contributed by atoms with E-state index in [1.807, 2.05) is 0 Å². The van der Waals surface area contributed by atoms with Crippen LogP contribution in [0.15, 0.2) is 0 Å². The Kier molecular flexibility index (Phi) is 4.97. The summed E-state index contributed by atoms with van der Waals surface area (Å²) in [5, 5.41) is 5.16. The van der Waals surface area contributed by atoms with Gasteiger partial charge in [-0.05, 0) is 6.42 Å². The molecule has 2 amide bonds. The van der Waals surface area contributed by atoms with Crippen molar-refractivity contribution >= 4 is 6.03 Å². The first-order chi connectivity index (χ1) is 4.31. The Morgan fingerprint density at radius 2 is 2.22 bits per heavy atom. The Morgan fingerprint density at radius 3 is 2.67 bits per heavy atom. The van der Waals surface area contributed by atoms with Gasteiger partial charge in [0, 0.05) is 13.6 Å². The maximum Gasteiger partial charge on any atom is 0.314 e. The summed E-state index contributed by atoms with van der Waals surface area (Å²) in [6.07, 6.45) is 2.16. The average Bonchev–Trinajstić information content (AvgIpc) is 1.89. The van der Waals surface area contributed by atoms with Crippen LogP contribution in [-0.2, 0) is 0 Å². The van der Waals surface area contributed by atoms with Crippen LogP contribution in [0, 0.1) is 0 Å². The van der Waals surface area contributed by atoms with Crippen molar-refractivity contribution in [2.24, 2.45) is 0 Å². The van der Waals surface area contributed by atoms with E-state index in [0.29, 0.717) is 0 Å². The highest BCUT2D eigenvalue weighted by Crippen LogP contribution is 1.81. The molecule has 0 aromatic rings. The average molecular weight is 130 g/mol. The first kappa shape index (κ1) is 8.27. The topological polar surface area (TPSA) is 41.1 Å². The molecule has 0 bridgehead atoms. The van der Waals surface area contributed by atoms with Crippen LogP contribution in [0.4, 0.5) is 4.79 Å². The van der Waals surface area contributed by atoms with Crippen LogP contribution in [0.3, 0.4) is 0 Å². The van der Waals surface area contributed by atoms with Gasteiger partial charge in [0.2, 0.25) is 0 Å². The van der Waals surface area contributed by atoms with E-state index in [9.17, 15) is 4.79 Å². The SMILES string of the molecule is CCCCNC(=O)NC. The second-order valence-corrected chi connectivity index (χ2v) is 1.86. The Hall–Kier alpha value is -0.730. The summed E-state index contributed by atoms with van der Waals surface area (Å²) < 4.78 is 0. The van der Waals surface area contributed by atoms with Crippen LogP contribution in [0.2, 0.25) is 0 Å². The van der Waals surface area contributed by atoms with E-state index in [-0.39, 0.29) is 6.03 Å². The highest BCUT2D eigenvalue weighted by atomic mass is 16.2. The van der Waals surface area contributed by atoms with E-state index in [1.165, 1.54) is 0 Å². The molecule has 0 spiro atoms. The van der Waals surface area contributed by atoms with Crippen LogP contribution in [0.25, 0.3) is 0 Å². The van der Waals surface area contributed by atoms with Crippen molar-refractivity contribution in [2.75, 3.05) is 13.6 Å². The van der Waals surface area contributed by atoms with Crippen LogP contribution in [0.5, 0.6) is 0 Å². The van der Waals surface area contributed by atoms with E-state index in [1.54, 1.807) is 7.05 Å². The molecule has 2 N–H and O–H groups in total. The van der Waals surface area contributed by atoms with E-state index < -0.39 is 0 Å². The molecule has 0 fully saturated rings. The largest absolute Gasteiger partial charge is 0.341 e. The molecule has 0 heterocycles. The second-order valence-electron chi connectivity index (χ2n) is 1.86. The Bertz CT molecular complexity index is 83.1. The van der Waals surface area contributed by atoms with Crippen molar-refractivity contribution in [2.45, 2.75) is 19.8 Å². The van der Waals surface area contributed by atoms with Crippen molar-refractivity contribution < 1.29 is 4.79 Å². The summed E-state index contributed by atoms with van der Waals surface area (Å²) in [5.41, 5.74) is 0. The quantitative estimate of drug-likeness (QED) is 0.543. The molecule has 3 nitrogen and oxygen atoms in total. The third-order valence-corrected chi connectivity index (χ3v) is 1.04. The third kappa shape index (κ3) is 5.14. The number of urea groups is 1. The fourth-order valence-corrected chi connectivity index (χ4v) is 0.467. The Labute approximate surface area is 55.8 Å². The third-order valence-electron chi connectivity index (χ3n) is 1.04. The predicted molar refractivity (Wildman–Crippen MR) is 37.4 cm³/mol. The van der Waals surface area contributed by atoms with Gasteiger partial charge in [-0.15, -0.1) is 0 Å². The van der Waals surface area contributed by atoms with E-state index in [0.717, 1.165) is 19.4 Å². The fraction of sp³-hybridized carbons (Fsp3) is 0.833. The second kappa shape index (κ2) is 5.41. The Morgan fingerprint density at radius 1 is 1.56 bits per heavy atom.